The van der Waals surface area contributed by atoms with Crippen molar-refractivity contribution in [3.63, 3.8) is 0 Å². The Morgan fingerprint density at radius 1 is 1.19 bits per heavy atom. The number of ether oxygens (including phenoxy) is 1. The van der Waals surface area contributed by atoms with Gasteiger partial charge in [-0.2, -0.15) is 9.40 Å². The van der Waals surface area contributed by atoms with Crippen molar-refractivity contribution in [1.29, 1.82) is 0 Å². The number of hydrogen-bond donors (Lipinski definition) is 1. The van der Waals surface area contributed by atoms with Crippen LogP contribution >= 0.6 is 12.2 Å². The average molecular weight is 661 g/mol. The molecule has 9 nitrogen and oxygen atoms in total. The summed E-state index contributed by atoms with van der Waals surface area (Å²) < 4.78 is 38.0. The lowest BCUT2D eigenvalue weighted by Gasteiger charge is -2.48. The van der Waals surface area contributed by atoms with Crippen molar-refractivity contribution >= 4 is 33.3 Å². The highest BCUT2D eigenvalue weighted by Crippen LogP contribution is 2.34. The smallest absolute Gasteiger partial charge is 0.243 e. The number of sulfonamides is 1. The third kappa shape index (κ3) is 5.45. The van der Waals surface area contributed by atoms with Gasteiger partial charge in [-0.25, -0.2) is 13.4 Å². The van der Waals surface area contributed by atoms with E-state index in [0.717, 1.165) is 34.1 Å². The summed E-state index contributed by atoms with van der Waals surface area (Å²) in [7, 11) is 2.44. The van der Waals surface area contributed by atoms with Gasteiger partial charge in [-0.15, -0.1) is 0 Å². The molecule has 2 atom stereocenters. The zero-order valence-corrected chi connectivity index (χ0v) is 26.4. The molecule has 3 aromatic rings. The van der Waals surface area contributed by atoms with Crippen molar-refractivity contribution in [1.82, 2.24) is 24.1 Å². The first-order valence-corrected chi connectivity index (χ1v) is 14.3. The van der Waals surface area contributed by atoms with Crippen LogP contribution in [-0.2, 0) is 23.5 Å². The standard InChI is InChI=1S/C25H36N6O3S2.HI/c1-8-10-20-22-23(29(5)28-20)25(35)27-24(26-22)19-13-18(11-12-21(19)34-9-2)36(32,33)30-14-16(3)31(6,7)17(4)15-30;/h11-13,16-17H,8-10,14-15H2,1-7H3;1H/t16-,17+;. The van der Waals surface area contributed by atoms with Crippen molar-refractivity contribution in [2.75, 3.05) is 33.8 Å². The van der Waals surface area contributed by atoms with Gasteiger partial charge in [-0.05, 0) is 45.4 Å². The molecule has 2 aromatic heterocycles. The van der Waals surface area contributed by atoms with Crippen molar-refractivity contribution in [2.45, 2.75) is 57.5 Å². The van der Waals surface area contributed by atoms with E-state index in [0.29, 0.717) is 41.5 Å². The van der Waals surface area contributed by atoms with Gasteiger partial charge in [0, 0.05) is 7.05 Å². The molecule has 12 heteroatoms. The van der Waals surface area contributed by atoms with E-state index >= 15 is 0 Å². The van der Waals surface area contributed by atoms with Gasteiger partial charge in [0.05, 0.1) is 67.5 Å². The van der Waals surface area contributed by atoms with E-state index < -0.39 is 10.0 Å². The van der Waals surface area contributed by atoms with Crippen LogP contribution in [0.15, 0.2) is 23.1 Å². The number of hydrogen-bond acceptors (Lipinski definition) is 6. The molecule has 0 bridgehead atoms. The first kappa shape index (κ1) is 29.9. The molecule has 0 saturated carbocycles. The van der Waals surface area contributed by atoms with Crippen molar-refractivity contribution in [2.24, 2.45) is 7.05 Å². The van der Waals surface area contributed by atoms with Crippen LogP contribution in [0.4, 0.5) is 0 Å². The predicted molar refractivity (Wildman–Crippen MR) is 144 cm³/mol. The van der Waals surface area contributed by atoms with Gasteiger partial charge in [0.2, 0.25) is 10.0 Å². The van der Waals surface area contributed by atoms with E-state index in [-0.39, 0.29) is 41.0 Å². The number of likely N-dealkylation sites (N-methyl/N-ethyl adjacent to an activating group) is 1. The fourth-order valence-corrected chi connectivity index (χ4v) is 6.75. The van der Waals surface area contributed by atoms with Gasteiger partial charge in [0.1, 0.15) is 17.1 Å². The zero-order chi connectivity index (χ0) is 26.4. The number of aromatic amines is 1. The highest BCUT2D eigenvalue weighted by molar-refractivity contribution is 7.89. The second-order valence-corrected chi connectivity index (χ2v) is 12.5. The molecule has 0 amide bonds. The lowest BCUT2D eigenvalue weighted by Crippen LogP contribution is -3.00. The van der Waals surface area contributed by atoms with Crippen molar-refractivity contribution < 1.29 is 41.6 Å². The Hall–Kier alpha value is -1.61. The number of benzene rings is 1. The van der Waals surface area contributed by atoms with Crippen LogP contribution in [0.3, 0.4) is 0 Å². The number of nitrogens with one attached hydrogen (secondary N) is 1. The van der Waals surface area contributed by atoms with Crippen LogP contribution in [0.1, 0.15) is 39.8 Å². The summed E-state index contributed by atoms with van der Waals surface area (Å²) in [5.74, 6) is 1.02. The zero-order valence-electron chi connectivity index (χ0n) is 22.6. The quantitative estimate of drug-likeness (QED) is 0.230. The van der Waals surface area contributed by atoms with Gasteiger partial charge in [-0.3, -0.25) is 4.68 Å². The maximum Gasteiger partial charge on any atom is 0.243 e. The van der Waals surface area contributed by atoms with Gasteiger partial charge in [-0.1, -0.05) is 25.6 Å². The summed E-state index contributed by atoms with van der Waals surface area (Å²) >= 11 is 5.63. The molecule has 37 heavy (non-hydrogen) atoms. The summed E-state index contributed by atoms with van der Waals surface area (Å²) in [6.45, 7) is 9.55. The molecule has 0 spiro atoms. The summed E-state index contributed by atoms with van der Waals surface area (Å²) in [5, 5.41) is 4.62. The highest BCUT2D eigenvalue weighted by atomic mass is 127. The van der Waals surface area contributed by atoms with Gasteiger partial charge in [0.15, 0.2) is 4.64 Å². The summed E-state index contributed by atoms with van der Waals surface area (Å²) in [6, 6.07) is 5.33. The molecule has 1 aromatic carbocycles. The molecule has 0 unspecified atom stereocenters. The van der Waals surface area contributed by atoms with Crippen LogP contribution in [0, 0.1) is 4.64 Å². The molecule has 204 valence electrons. The molecule has 1 aliphatic heterocycles. The molecule has 1 fully saturated rings. The molecule has 1 saturated heterocycles. The maximum atomic E-state index is 13.8. The largest absolute Gasteiger partial charge is 1.00 e. The van der Waals surface area contributed by atoms with E-state index in [1.807, 2.05) is 14.0 Å². The van der Waals surface area contributed by atoms with Gasteiger partial charge >= 0.3 is 0 Å². The first-order chi connectivity index (χ1) is 16.9. The minimum absolute atomic E-state index is 0. The Bertz CT molecular complexity index is 1440. The Morgan fingerprint density at radius 2 is 1.84 bits per heavy atom. The molecule has 4 rings (SSSR count). The second kappa shape index (κ2) is 11.2. The number of nitrogens with zero attached hydrogens (tertiary/aromatic N) is 5. The predicted octanol–water partition coefficient (Wildman–Crippen LogP) is 0.906. The number of aryl methyl sites for hydroxylation is 2. The number of piperazine rings is 1. The number of rotatable bonds is 7. The molecule has 0 aliphatic carbocycles. The monoisotopic (exact) mass is 660 g/mol. The minimum atomic E-state index is -3.72. The number of H-pyrrole nitrogens is 1. The maximum absolute atomic E-state index is 13.8. The third-order valence-corrected chi connectivity index (χ3v) is 9.73. The molecule has 1 aliphatic rings. The Morgan fingerprint density at radius 3 is 2.43 bits per heavy atom. The molecular formula is C25H37IN6O3S2. The van der Waals surface area contributed by atoms with E-state index in [1.54, 1.807) is 27.2 Å². The number of quaternary nitrogens is 1. The summed E-state index contributed by atoms with van der Waals surface area (Å²) in [6.07, 6.45) is 1.73. The fraction of sp³-hybridized carbons (Fsp3) is 0.560. The van der Waals surface area contributed by atoms with E-state index in [4.69, 9.17) is 17.0 Å². The lowest BCUT2D eigenvalue weighted by atomic mass is 10.1. The topological polar surface area (TPSA) is 93.1 Å². The van der Waals surface area contributed by atoms with E-state index in [1.165, 1.54) is 0 Å². The molecular weight excluding hydrogens is 623 g/mol. The van der Waals surface area contributed by atoms with Crippen molar-refractivity contribution in [3.05, 3.63) is 28.5 Å². The fourth-order valence-electron chi connectivity index (χ4n) is 4.80. The number of aromatic nitrogens is 4. The Labute approximate surface area is 241 Å². The Balaban J connectivity index is 0.00000380. The SMILES string of the molecule is CCCc1nn(C)c2c(=S)nc(-c3cc(S(=O)(=O)N4C[C@@H](C)[N+](C)(C)[C@@H](C)C4)ccc3OCC)[nH]c12.[I-]. The minimum Gasteiger partial charge on any atom is -1.00 e. The summed E-state index contributed by atoms with van der Waals surface area (Å²) in [4.78, 5) is 8.24. The molecule has 1 N–H and O–H groups in total. The van der Waals surface area contributed by atoms with Crippen LogP contribution in [-0.4, -0.2) is 82.8 Å². The van der Waals surface area contributed by atoms with Crippen LogP contribution in [0.5, 0.6) is 5.75 Å². The third-order valence-electron chi connectivity index (χ3n) is 7.62. The lowest BCUT2D eigenvalue weighted by molar-refractivity contribution is -0.938. The number of fused-ring (bicyclic) bond motifs is 1. The van der Waals surface area contributed by atoms with Crippen LogP contribution in [0.25, 0.3) is 22.4 Å². The van der Waals surface area contributed by atoms with Crippen LogP contribution in [0.2, 0.25) is 0 Å². The molecule has 3 heterocycles. The summed E-state index contributed by atoms with van der Waals surface area (Å²) in [5.41, 5.74) is 3.05. The number of halogens is 1. The van der Waals surface area contributed by atoms with Crippen LogP contribution < -0.4 is 28.7 Å². The van der Waals surface area contributed by atoms with E-state index in [2.05, 4.69) is 49.9 Å². The average Bonchev–Trinajstić information content (AvgIpc) is 3.13. The Kier molecular flexibility index (Phi) is 9.10. The first-order valence-electron chi connectivity index (χ1n) is 12.5. The van der Waals surface area contributed by atoms with Gasteiger partial charge < -0.3 is 38.2 Å². The van der Waals surface area contributed by atoms with E-state index in [9.17, 15) is 8.42 Å². The molecule has 0 radical (unpaired) electrons. The van der Waals surface area contributed by atoms with Crippen molar-refractivity contribution in [3.8, 4) is 17.1 Å². The normalized spacial score (nSPS) is 20.1. The second-order valence-electron chi connectivity index (χ2n) is 10.2. The highest BCUT2D eigenvalue weighted by Gasteiger charge is 2.42. The van der Waals surface area contributed by atoms with Gasteiger partial charge in [0.25, 0.3) is 0 Å².